The highest BCUT2D eigenvalue weighted by atomic mass is 32.2. The lowest BCUT2D eigenvalue weighted by atomic mass is 10.0. The number of hydrogen-bond donors (Lipinski definition) is 2. The molecule has 0 aliphatic carbocycles. The summed E-state index contributed by atoms with van der Waals surface area (Å²) in [6.45, 7) is 6.05. The summed E-state index contributed by atoms with van der Waals surface area (Å²) in [5.74, 6) is 0.175. The Morgan fingerprint density at radius 3 is 2.31 bits per heavy atom. The first-order chi connectivity index (χ1) is 15.2. The Labute approximate surface area is 191 Å². The van der Waals surface area contributed by atoms with Crippen LogP contribution in [0.3, 0.4) is 0 Å². The molecule has 7 nitrogen and oxygen atoms in total. The van der Waals surface area contributed by atoms with Gasteiger partial charge in [0, 0.05) is 5.69 Å². The van der Waals surface area contributed by atoms with Gasteiger partial charge in [0.2, 0.25) is 15.7 Å². The van der Waals surface area contributed by atoms with Crippen molar-refractivity contribution in [2.75, 3.05) is 5.32 Å². The fourth-order valence-corrected chi connectivity index (χ4v) is 5.10. The number of aromatic nitrogens is 2. The quantitative estimate of drug-likeness (QED) is 0.376. The van der Waals surface area contributed by atoms with Crippen LogP contribution in [0.1, 0.15) is 38.7 Å². The molecule has 0 aliphatic heterocycles. The standard InChI is InChI=1S/C23H25N3O4S2/c1-4-19(21(27)25-17-12-10-16(11-13-17)15(2)3)31-23-24-14-20(22(28)26-23)32(29,30)18-8-6-5-7-9-18/h5-15,19H,4H2,1-3H3,(H,25,27)(H,24,26,28). The van der Waals surface area contributed by atoms with Crippen molar-refractivity contribution in [3.05, 3.63) is 76.7 Å². The van der Waals surface area contributed by atoms with Crippen LogP contribution in [0.25, 0.3) is 0 Å². The lowest BCUT2D eigenvalue weighted by molar-refractivity contribution is -0.115. The molecule has 0 aliphatic rings. The number of sulfone groups is 1. The normalized spacial score (nSPS) is 12.5. The van der Waals surface area contributed by atoms with E-state index in [9.17, 15) is 18.0 Å². The van der Waals surface area contributed by atoms with E-state index in [-0.39, 0.29) is 16.0 Å². The second-order valence-electron chi connectivity index (χ2n) is 7.48. The molecule has 2 aromatic carbocycles. The van der Waals surface area contributed by atoms with E-state index in [1.165, 1.54) is 17.7 Å². The van der Waals surface area contributed by atoms with Crippen molar-refractivity contribution in [3.63, 3.8) is 0 Å². The number of thioether (sulfide) groups is 1. The van der Waals surface area contributed by atoms with E-state index in [0.717, 1.165) is 18.0 Å². The lowest BCUT2D eigenvalue weighted by Gasteiger charge is -2.15. The molecular formula is C23H25N3O4S2. The van der Waals surface area contributed by atoms with Gasteiger partial charge in [-0.2, -0.15) is 0 Å². The summed E-state index contributed by atoms with van der Waals surface area (Å²) in [5, 5.41) is 2.54. The maximum absolute atomic E-state index is 12.7. The first-order valence-electron chi connectivity index (χ1n) is 10.2. The number of carbonyl (C=O) groups excluding carboxylic acids is 1. The van der Waals surface area contributed by atoms with Gasteiger partial charge in [0.05, 0.1) is 16.3 Å². The maximum Gasteiger partial charge on any atom is 0.270 e. The molecule has 0 bridgehead atoms. The van der Waals surface area contributed by atoms with Crippen molar-refractivity contribution >= 4 is 33.2 Å². The number of carbonyl (C=O) groups is 1. The van der Waals surface area contributed by atoms with Gasteiger partial charge in [-0.05, 0) is 42.2 Å². The van der Waals surface area contributed by atoms with Gasteiger partial charge in [-0.1, -0.05) is 62.9 Å². The van der Waals surface area contributed by atoms with Crippen molar-refractivity contribution in [2.24, 2.45) is 0 Å². The van der Waals surface area contributed by atoms with E-state index in [0.29, 0.717) is 18.0 Å². The number of rotatable bonds is 8. The van der Waals surface area contributed by atoms with Gasteiger partial charge in [0.1, 0.15) is 0 Å². The molecule has 0 saturated heterocycles. The van der Waals surface area contributed by atoms with Crippen LogP contribution in [0.2, 0.25) is 0 Å². The van der Waals surface area contributed by atoms with Crippen molar-refractivity contribution in [1.29, 1.82) is 0 Å². The average molecular weight is 472 g/mol. The van der Waals surface area contributed by atoms with Gasteiger partial charge >= 0.3 is 0 Å². The van der Waals surface area contributed by atoms with E-state index >= 15 is 0 Å². The van der Waals surface area contributed by atoms with Crippen LogP contribution < -0.4 is 10.9 Å². The predicted molar refractivity (Wildman–Crippen MR) is 126 cm³/mol. The van der Waals surface area contributed by atoms with Gasteiger partial charge in [0.15, 0.2) is 10.1 Å². The largest absolute Gasteiger partial charge is 0.325 e. The smallest absolute Gasteiger partial charge is 0.270 e. The van der Waals surface area contributed by atoms with Crippen molar-refractivity contribution < 1.29 is 13.2 Å². The number of nitrogens with zero attached hydrogens (tertiary/aromatic N) is 1. The molecule has 1 amide bonds. The SMILES string of the molecule is CCC(Sc1ncc(S(=O)(=O)c2ccccc2)c(=O)[nH]1)C(=O)Nc1ccc(C(C)C)cc1. The molecule has 0 saturated carbocycles. The second-order valence-corrected chi connectivity index (χ2v) is 10.6. The van der Waals surface area contributed by atoms with E-state index in [2.05, 4.69) is 29.1 Å². The molecule has 168 valence electrons. The fraction of sp³-hybridized carbons (Fsp3) is 0.261. The van der Waals surface area contributed by atoms with Crippen LogP contribution in [0, 0.1) is 0 Å². The molecule has 0 radical (unpaired) electrons. The molecular weight excluding hydrogens is 446 g/mol. The number of aromatic amines is 1. The summed E-state index contributed by atoms with van der Waals surface area (Å²) in [5.41, 5.74) is 1.09. The fourth-order valence-electron chi connectivity index (χ4n) is 2.98. The molecule has 2 N–H and O–H groups in total. The van der Waals surface area contributed by atoms with Crippen molar-refractivity contribution in [3.8, 4) is 0 Å². The number of nitrogens with one attached hydrogen (secondary N) is 2. The number of benzene rings is 2. The Balaban J connectivity index is 1.74. The van der Waals surface area contributed by atoms with E-state index in [1.54, 1.807) is 18.2 Å². The summed E-state index contributed by atoms with van der Waals surface area (Å²) in [6.07, 6.45) is 1.53. The minimum Gasteiger partial charge on any atom is -0.325 e. The molecule has 32 heavy (non-hydrogen) atoms. The average Bonchev–Trinajstić information content (AvgIpc) is 2.78. The van der Waals surface area contributed by atoms with Crippen molar-refractivity contribution in [2.45, 2.75) is 53.3 Å². The first-order valence-corrected chi connectivity index (χ1v) is 12.6. The van der Waals surface area contributed by atoms with E-state index < -0.39 is 25.5 Å². The molecule has 0 fully saturated rings. The molecule has 1 heterocycles. The third-order valence-electron chi connectivity index (χ3n) is 4.85. The van der Waals surface area contributed by atoms with Crippen LogP contribution in [0.4, 0.5) is 5.69 Å². The third-order valence-corrected chi connectivity index (χ3v) is 7.87. The Morgan fingerprint density at radius 2 is 1.75 bits per heavy atom. The van der Waals surface area contributed by atoms with Gasteiger partial charge in [0.25, 0.3) is 5.56 Å². The van der Waals surface area contributed by atoms with Crippen LogP contribution in [-0.4, -0.2) is 29.5 Å². The number of hydrogen-bond acceptors (Lipinski definition) is 6. The van der Waals surface area contributed by atoms with Gasteiger partial charge in [-0.3, -0.25) is 9.59 Å². The number of H-pyrrole nitrogens is 1. The Kier molecular flexibility index (Phi) is 7.52. The molecule has 1 aromatic heterocycles. The van der Waals surface area contributed by atoms with Crippen LogP contribution in [0.15, 0.2) is 80.5 Å². The number of anilines is 1. The van der Waals surface area contributed by atoms with Gasteiger partial charge in [-0.25, -0.2) is 13.4 Å². The van der Waals surface area contributed by atoms with Crippen LogP contribution >= 0.6 is 11.8 Å². The van der Waals surface area contributed by atoms with Crippen molar-refractivity contribution in [1.82, 2.24) is 9.97 Å². The Bertz CT molecular complexity index is 1240. The molecule has 1 atom stereocenters. The molecule has 0 spiro atoms. The summed E-state index contributed by atoms with van der Waals surface area (Å²) >= 11 is 1.08. The number of amides is 1. The molecule has 3 aromatic rings. The Hall–Kier alpha value is -2.91. The topological polar surface area (TPSA) is 109 Å². The highest BCUT2D eigenvalue weighted by Gasteiger charge is 2.24. The predicted octanol–water partition coefficient (Wildman–Crippen LogP) is 4.24. The monoisotopic (exact) mass is 471 g/mol. The summed E-state index contributed by atoms with van der Waals surface area (Å²) in [4.78, 5) is 31.4. The minimum atomic E-state index is -3.98. The third kappa shape index (κ3) is 5.46. The van der Waals surface area contributed by atoms with Crippen LogP contribution in [-0.2, 0) is 14.6 Å². The van der Waals surface area contributed by atoms with E-state index in [1.807, 2.05) is 31.2 Å². The zero-order valence-corrected chi connectivity index (χ0v) is 19.7. The highest BCUT2D eigenvalue weighted by molar-refractivity contribution is 8.00. The first kappa shape index (κ1) is 23.7. The zero-order chi connectivity index (χ0) is 23.3. The summed E-state index contributed by atoms with van der Waals surface area (Å²) in [6, 6.07) is 15.3. The zero-order valence-electron chi connectivity index (χ0n) is 18.0. The van der Waals surface area contributed by atoms with Gasteiger partial charge < -0.3 is 10.3 Å². The summed E-state index contributed by atoms with van der Waals surface area (Å²) < 4.78 is 25.4. The van der Waals surface area contributed by atoms with Gasteiger partial charge in [-0.15, -0.1) is 0 Å². The van der Waals surface area contributed by atoms with E-state index in [4.69, 9.17) is 0 Å². The molecule has 3 rings (SSSR count). The molecule has 9 heteroatoms. The van der Waals surface area contributed by atoms with Crippen LogP contribution in [0.5, 0.6) is 0 Å². The highest BCUT2D eigenvalue weighted by Crippen LogP contribution is 2.24. The summed E-state index contributed by atoms with van der Waals surface area (Å²) in [7, 11) is -3.98. The maximum atomic E-state index is 12.7. The Morgan fingerprint density at radius 1 is 1.09 bits per heavy atom. The second kappa shape index (κ2) is 10.1. The minimum absolute atomic E-state index is 0.0157. The molecule has 1 unspecified atom stereocenters. The lowest BCUT2D eigenvalue weighted by Crippen LogP contribution is -2.26.